The van der Waals surface area contributed by atoms with Crippen molar-refractivity contribution in [1.82, 2.24) is 9.78 Å². The molecule has 0 spiro atoms. The van der Waals surface area contributed by atoms with Crippen LogP contribution in [-0.2, 0) is 0 Å². The molecule has 0 saturated heterocycles. The number of Topliss-reactive ketones (excluding diaryl/α,β-unsaturated/α-hetero) is 1. The summed E-state index contributed by atoms with van der Waals surface area (Å²) < 4.78 is 20.4. The molecule has 26 heavy (non-hydrogen) atoms. The molecule has 4 rings (SSSR count). The topological polar surface area (TPSA) is 44.1 Å². The van der Waals surface area contributed by atoms with Gasteiger partial charge in [0.25, 0.3) is 0 Å². The van der Waals surface area contributed by atoms with Gasteiger partial charge in [0.05, 0.1) is 28.9 Å². The van der Waals surface area contributed by atoms with Crippen LogP contribution in [0.25, 0.3) is 16.9 Å². The maximum atomic E-state index is 13.3. The van der Waals surface area contributed by atoms with Gasteiger partial charge in [-0.3, -0.25) is 4.79 Å². The monoisotopic (exact) mass is 414 g/mol. The van der Waals surface area contributed by atoms with Crippen LogP contribution in [0.1, 0.15) is 33.7 Å². The lowest BCUT2D eigenvalue weighted by molar-refractivity contribution is 0.0972. The van der Waals surface area contributed by atoms with Crippen molar-refractivity contribution in [2.45, 2.75) is 17.7 Å². The van der Waals surface area contributed by atoms with E-state index in [2.05, 4.69) is 15.9 Å². The van der Waals surface area contributed by atoms with E-state index in [9.17, 15) is 9.18 Å². The van der Waals surface area contributed by atoms with E-state index < -0.39 is 0 Å². The number of fused-ring (bicyclic) bond motifs is 1. The SMILES string of the molecule is COc1cccc(-c2nn(-c3ccc(F)cc3)c3c2C(=O)CCC3Br)c1. The fourth-order valence-corrected chi connectivity index (χ4v) is 3.92. The number of alkyl halides is 1. The van der Waals surface area contributed by atoms with Gasteiger partial charge in [-0.1, -0.05) is 28.1 Å². The molecule has 2 aromatic carbocycles. The Hall–Kier alpha value is -2.47. The maximum Gasteiger partial charge on any atom is 0.167 e. The van der Waals surface area contributed by atoms with Gasteiger partial charge in [0.1, 0.15) is 17.3 Å². The minimum Gasteiger partial charge on any atom is -0.497 e. The molecule has 1 unspecified atom stereocenters. The van der Waals surface area contributed by atoms with Crippen LogP contribution in [0.4, 0.5) is 4.39 Å². The molecule has 3 aromatic rings. The first-order valence-corrected chi connectivity index (χ1v) is 9.20. The molecule has 1 aromatic heterocycles. The van der Waals surface area contributed by atoms with Gasteiger partial charge in [-0.2, -0.15) is 5.10 Å². The number of methoxy groups -OCH3 is 1. The van der Waals surface area contributed by atoms with E-state index in [-0.39, 0.29) is 16.4 Å². The van der Waals surface area contributed by atoms with E-state index in [1.165, 1.54) is 12.1 Å². The first-order valence-electron chi connectivity index (χ1n) is 8.29. The molecule has 0 amide bonds. The van der Waals surface area contributed by atoms with E-state index in [4.69, 9.17) is 9.84 Å². The molecule has 4 nitrogen and oxygen atoms in total. The second-order valence-corrected chi connectivity index (χ2v) is 7.26. The van der Waals surface area contributed by atoms with Crippen molar-refractivity contribution in [3.63, 3.8) is 0 Å². The van der Waals surface area contributed by atoms with Crippen LogP contribution < -0.4 is 4.74 Å². The second-order valence-electron chi connectivity index (χ2n) is 6.16. The number of hydrogen-bond acceptors (Lipinski definition) is 3. The van der Waals surface area contributed by atoms with Gasteiger partial charge in [-0.05, 0) is 42.8 Å². The fourth-order valence-electron chi connectivity index (χ4n) is 3.27. The molecule has 0 radical (unpaired) electrons. The lowest BCUT2D eigenvalue weighted by Gasteiger charge is -2.19. The highest BCUT2D eigenvalue weighted by Crippen LogP contribution is 2.42. The maximum absolute atomic E-state index is 13.3. The number of carbonyl (C=O) groups excluding carboxylic acids is 1. The van der Waals surface area contributed by atoms with E-state index in [0.29, 0.717) is 29.8 Å². The Morgan fingerprint density at radius 3 is 2.73 bits per heavy atom. The first-order chi connectivity index (χ1) is 12.6. The van der Waals surface area contributed by atoms with Crippen molar-refractivity contribution in [3.8, 4) is 22.7 Å². The van der Waals surface area contributed by atoms with Gasteiger partial charge < -0.3 is 4.74 Å². The van der Waals surface area contributed by atoms with Crippen LogP contribution in [0.15, 0.2) is 48.5 Å². The lowest BCUT2D eigenvalue weighted by Crippen LogP contribution is -2.15. The molecule has 132 valence electrons. The van der Waals surface area contributed by atoms with Crippen LogP contribution in [0.3, 0.4) is 0 Å². The Labute approximate surface area is 158 Å². The average Bonchev–Trinajstić information content (AvgIpc) is 3.07. The molecule has 1 atom stereocenters. The summed E-state index contributed by atoms with van der Waals surface area (Å²) in [5.41, 5.74) is 3.59. The number of ketones is 1. The molecule has 6 heteroatoms. The van der Waals surface area contributed by atoms with Crippen molar-refractivity contribution < 1.29 is 13.9 Å². The molecule has 0 fully saturated rings. The van der Waals surface area contributed by atoms with E-state index in [1.807, 2.05) is 24.3 Å². The molecule has 0 bridgehead atoms. The molecule has 1 aliphatic rings. The molecular weight excluding hydrogens is 399 g/mol. The predicted molar refractivity (Wildman–Crippen MR) is 101 cm³/mol. The van der Waals surface area contributed by atoms with Crippen LogP contribution in [-0.4, -0.2) is 22.7 Å². The summed E-state index contributed by atoms with van der Waals surface area (Å²) in [6.07, 6.45) is 1.17. The zero-order valence-electron chi connectivity index (χ0n) is 14.1. The lowest BCUT2D eigenvalue weighted by atomic mass is 9.92. The van der Waals surface area contributed by atoms with Crippen molar-refractivity contribution >= 4 is 21.7 Å². The second kappa shape index (κ2) is 6.68. The minimum absolute atomic E-state index is 0.00658. The van der Waals surface area contributed by atoms with Gasteiger partial charge in [0.15, 0.2) is 5.78 Å². The highest BCUT2D eigenvalue weighted by atomic mass is 79.9. The number of benzene rings is 2. The summed E-state index contributed by atoms with van der Waals surface area (Å²) in [5.74, 6) is 0.461. The highest BCUT2D eigenvalue weighted by Gasteiger charge is 2.33. The summed E-state index contributed by atoms with van der Waals surface area (Å²) >= 11 is 3.68. The molecular formula is C20H16BrFN2O2. The largest absolute Gasteiger partial charge is 0.497 e. The number of aromatic nitrogens is 2. The minimum atomic E-state index is -0.311. The third kappa shape index (κ3) is 2.84. The van der Waals surface area contributed by atoms with E-state index in [1.54, 1.807) is 23.9 Å². The Morgan fingerprint density at radius 2 is 2.00 bits per heavy atom. The fraction of sp³-hybridized carbons (Fsp3) is 0.200. The number of carbonyl (C=O) groups is 1. The predicted octanol–water partition coefficient (Wildman–Crippen LogP) is 5.10. The first kappa shape index (κ1) is 17.0. The Morgan fingerprint density at radius 1 is 1.23 bits per heavy atom. The molecule has 1 aliphatic carbocycles. The molecule has 0 saturated carbocycles. The zero-order chi connectivity index (χ0) is 18.3. The summed E-state index contributed by atoms with van der Waals surface area (Å²) in [7, 11) is 1.60. The zero-order valence-corrected chi connectivity index (χ0v) is 15.7. The quantitative estimate of drug-likeness (QED) is 0.560. The number of nitrogens with zero attached hydrogens (tertiary/aromatic N) is 2. The van der Waals surface area contributed by atoms with Crippen molar-refractivity contribution in [2.75, 3.05) is 7.11 Å². The summed E-state index contributed by atoms with van der Waals surface area (Å²) in [4.78, 5) is 12.7. The number of hydrogen-bond donors (Lipinski definition) is 0. The Balaban J connectivity index is 1.96. The van der Waals surface area contributed by atoms with Gasteiger partial charge in [0, 0.05) is 12.0 Å². The van der Waals surface area contributed by atoms with Gasteiger partial charge in [-0.25, -0.2) is 9.07 Å². The summed E-state index contributed by atoms with van der Waals surface area (Å²) in [5, 5.41) is 4.73. The van der Waals surface area contributed by atoms with Crippen molar-refractivity contribution in [1.29, 1.82) is 0 Å². The Bertz CT molecular complexity index is 982. The third-order valence-corrected chi connectivity index (χ3v) is 5.43. The van der Waals surface area contributed by atoms with Gasteiger partial charge in [-0.15, -0.1) is 0 Å². The van der Waals surface area contributed by atoms with Crippen LogP contribution in [0.2, 0.25) is 0 Å². The normalized spacial score (nSPS) is 16.4. The molecule has 0 aliphatic heterocycles. The standard InChI is InChI=1S/C20H16BrFN2O2/c1-26-15-4-2-3-12(11-15)19-18-17(25)10-9-16(21)20(18)24(23-19)14-7-5-13(22)6-8-14/h2-8,11,16H,9-10H2,1H3. The number of halogens is 2. The van der Waals surface area contributed by atoms with Crippen LogP contribution >= 0.6 is 15.9 Å². The Kier molecular flexibility index (Phi) is 4.36. The van der Waals surface area contributed by atoms with Crippen LogP contribution in [0.5, 0.6) is 5.75 Å². The van der Waals surface area contributed by atoms with E-state index >= 15 is 0 Å². The molecule has 0 N–H and O–H groups in total. The average molecular weight is 415 g/mol. The third-order valence-electron chi connectivity index (χ3n) is 4.54. The molecule has 1 heterocycles. The summed E-state index contributed by atoms with van der Waals surface area (Å²) in [6.45, 7) is 0. The van der Waals surface area contributed by atoms with Gasteiger partial charge in [0.2, 0.25) is 0 Å². The van der Waals surface area contributed by atoms with Gasteiger partial charge >= 0.3 is 0 Å². The smallest absolute Gasteiger partial charge is 0.167 e. The number of ether oxygens (including phenoxy) is 1. The van der Waals surface area contributed by atoms with Crippen molar-refractivity contribution in [2.24, 2.45) is 0 Å². The van der Waals surface area contributed by atoms with Crippen molar-refractivity contribution in [3.05, 3.63) is 65.6 Å². The number of rotatable bonds is 3. The summed E-state index contributed by atoms with van der Waals surface area (Å²) in [6, 6.07) is 13.6. The highest BCUT2D eigenvalue weighted by molar-refractivity contribution is 9.09. The van der Waals surface area contributed by atoms with Crippen LogP contribution in [0, 0.1) is 5.82 Å². The van der Waals surface area contributed by atoms with E-state index in [0.717, 1.165) is 16.9 Å².